The Labute approximate surface area is 119 Å². The van der Waals surface area contributed by atoms with Gasteiger partial charge in [-0.3, -0.25) is 4.90 Å². The van der Waals surface area contributed by atoms with Gasteiger partial charge in [-0.15, -0.1) is 0 Å². The Balaban J connectivity index is 1.64. The first-order chi connectivity index (χ1) is 9.72. The molecule has 0 saturated carbocycles. The van der Waals surface area contributed by atoms with Crippen LogP contribution in [0.25, 0.3) is 5.69 Å². The summed E-state index contributed by atoms with van der Waals surface area (Å²) in [6, 6.07) is 8.59. The largest absolute Gasteiger partial charge is 0.393 e. The van der Waals surface area contributed by atoms with Gasteiger partial charge < -0.3 is 9.67 Å². The van der Waals surface area contributed by atoms with E-state index >= 15 is 0 Å². The maximum Gasteiger partial charge on any atom is 0.0991 e. The summed E-state index contributed by atoms with van der Waals surface area (Å²) in [4.78, 5) is 6.48. The molecule has 0 radical (unpaired) electrons. The molecule has 1 aliphatic rings. The van der Waals surface area contributed by atoms with E-state index in [-0.39, 0.29) is 6.10 Å². The first kappa shape index (κ1) is 13.3. The number of hydrogen-bond donors (Lipinski definition) is 1. The Morgan fingerprint density at radius 3 is 2.75 bits per heavy atom. The van der Waals surface area contributed by atoms with Crippen molar-refractivity contribution in [2.75, 3.05) is 13.1 Å². The Morgan fingerprint density at radius 1 is 1.30 bits per heavy atom. The van der Waals surface area contributed by atoms with Gasteiger partial charge in [0.05, 0.1) is 12.4 Å². The minimum atomic E-state index is -0.130. The second-order valence-corrected chi connectivity index (χ2v) is 5.70. The van der Waals surface area contributed by atoms with Crippen molar-refractivity contribution in [3.63, 3.8) is 0 Å². The SMILES string of the molecule is CC1CN(Cc2ccc(-n3ccnc3)cc2)CCC1O. The van der Waals surface area contributed by atoms with Crippen LogP contribution < -0.4 is 0 Å². The molecule has 4 nitrogen and oxygen atoms in total. The van der Waals surface area contributed by atoms with E-state index in [1.54, 1.807) is 6.20 Å². The second-order valence-electron chi connectivity index (χ2n) is 5.70. The van der Waals surface area contributed by atoms with E-state index in [1.165, 1.54) is 5.56 Å². The predicted molar refractivity (Wildman–Crippen MR) is 78.6 cm³/mol. The van der Waals surface area contributed by atoms with Gasteiger partial charge in [0.25, 0.3) is 0 Å². The van der Waals surface area contributed by atoms with Gasteiger partial charge in [-0.05, 0) is 30.0 Å². The molecular formula is C16H21N3O. The van der Waals surface area contributed by atoms with Crippen molar-refractivity contribution in [2.45, 2.75) is 26.0 Å². The zero-order valence-corrected chi connectivity index (χ0v) is 11.8. The van der Waals surface area contributed by atoms with E-state index in [0.29, 0.717) is 5.92 Å². The minimum absolute atomic E-state index is 0.130. The molecule has 1 aliphatic heterocycles. The smallest absolute Gasteiger partial charge is 0.0991 e. The van der Waals surface area contributed by atoms with Gasteiger partial charge in [-0.2, -0.15) is 0 Å². The van der Waals surface area contributed by atoms with Crippen molar-refractivity contribution in [3.05, 3.63) is 48.5 Å². The highest BCUT2D eigenvalue weighted by Gasteiger charge is 2.23. The highest BCUT2D eigenvalue weighted by Crippen LogP contribution is 2.19. The van der Waals surface area contributed by atoms with Crippen molar-refractivity contribution in [2.24, 2.45) is 5.92 Å². The fraction of sp³-hybridized carbons (Fsp3) is 0.438. The molecule has 2 unspecified atom stereocenters. The predicted octanol–water partition coefficient (Wildman–Crippen LogP) is 2.07. The van der Waals surface area contributed by atoms with E-state index in [1.807, 2.05) is 17.1 Å². The van der Waals surface area contributed by atoms with Crippen LogP contribution in [0.15, 0.2) is 43.0 Å². The normalized spacial score (nSPS) is 23.9. The summed E-state index contributed by atoms with van der Waals surface area (Å²) in [5.74, 6) is 0.369. The molecule has 0 aliphatic carbocycles. The molecule has 0 bridgehead atoms. The van der Waals surface area contributed by atoms with E-state index in [4.69, 9.17) is 0 Å². The lowest BCUT2D eigenvalue weighted by molar-refractivity contribution is 0.0320. The van der Waals surface area contributed by atoms with Gasteiger partial charge >= 0.3 is 0 Å². The van der Waals surface area contributed by atoms with Gasteiger partial charge in [0.2, 0.25) is 0 Å². The van der Waals surface area contributed by atoms with Crippen LogP contribution in [0.5, 0.6) is 0 Å². The second kappa shape index (κ2) is 5.77. The number of piperidine rings is 1. The monoisotopic (exact) mass is 271 g/mol. The van der Waals surface area contributed by atoms with Crippen LogP contribution in [0.3, 0.4) is 0 Å². The fourth-order valence-electron chi connectivity index (χ4n) is 2.81. The third kappa shape index (κ3) is 2.92. The lowest BCUT2D eigenvalue weighted by Crippen LogP contribution is -2.41. The Bertz CT molecular complexity index is 535. The molecule has 0 amide bonds. The number of aromatic nitrogens is 2. The van der Waals surface area contributed by atoms with Crippen LogP contribution in [-0.4, -0.2) is 38.8 Å². The van der Waals surface area contributed by atoms with Gasteiger partial charge in [-0.25, -0.2) is 4.98 Å². The Kier molecular flexibility index (Phi) is 3.85. The van der Waals surface area contributed by atoms with Crippen LogP contribution in [0.4, 0.5) is 0 Å². The van der Waals surface area contributed by atoms with E-state index in [0.717, 1.165) is 31.7 Å². The molecule has 1 aromatic carbocycles. The summed E-state index contributed by atoms with van der Waals surface area (Å²) in [7, 11) is 0. The van der Waals surface area contributed by atoms with Crippen LogP contribution in [-0.2, 0) is 6.54 Å². The molecule has 0 spiro atoms. The zero-order valence-electron chi connectivity index (χ0n) is 11.8. The van der Waals surface area contributed by atoms with Crippen LogP contribution in [0, 0.1) is 5.92 Å². The van der Waals surface area contributed by atoms with Gasteiger partial charge in [0, 0.05) is 37.7 Å². The quantitative estimate of drug-likeness (QED) is 0.929. The van der Waals surface area contributed by atoms with Crippen LogP contribution >= 0.6 is 0 Å². The summed E-state index contributed by atoms with van der Waals surface area (Å²) < 4.78 is 2.00. The summed E-state index contributed by atoms with van der Waals surface area (Å²) in [6.45, 7) is 5.04. The number of aliphatic hydroxyl groups is 1. The van der Waals surface area contributed by atoms with Gasteiger partial charge in [0.1, 0.15) is 0 Å². The first-order valence-electron chi connectivity index (χ1n) is 7.20. The highest BCUT2D eigenvalue weighted by molar-refractivity contribution is 5.34. The lowest BCUT2D eigenvalue weighted by atomic mass is 9.96. The van der Waals surface area contributed by atoms with E-state index in [9.17, 15) is 5.11 Å². The average molecular weight is 271 g/mol. The topological polar surface area (TPSA) is 41.3 Å². The van der Waals surface area contributed by atoms with Gasteiger partial charge in [-0.1, -0.05) is 19.1 Å². The molecular weight excluding hydrogens is 250 g/mol. The molecule has 106 valence electrons. The van der Waals surface area contributed by atoms with E-state index < -0.39 is 0 Å². The van der Waals surface area contributed by atoms with E-state index in [2.05, 4.69) is 41.1 Å². The number of rotatable bonds is 3. The maximum atomic E-state index is 9.77. The Hall–Kier alpha value is -1.65. The maximum absolute atomic E-state index is 9.77. The van der Waals surface area contributed by atoms with Crippen LogP contribution in [0.2, 0.25) is 0 Å². The molecule has 3 rings (SSSR count). The number of aliphatic hydroxyl groups excluding tert-OH is 1. The zero-order chi connectivity index (χ0) is 13.9. The number of benzene rings is 1. The molecule has 2 atom stereocenters. The summed E-state index contributed by atoms with van der Waals surface area (Å²) in [5.41, 5.74) is 2.45. The molecule has 4 heteroatoms. The van der Waals surface area contributed by atoms with Crippen molar-refractivity contribution in [1.82, 2.24) is 14.5 Å². The van der Waals surface area contributed by atoms with Crippen LogP contribution in [0.1, 0.15) is 18.9 Å². The Morgan fingerprint density at radius 2 is 2.10 bits per heavy atom. The highest BCUT2D eigenvalue weighted by atomic mass is 16.3. The molecule has 2 aromatic rings. The molecule has 1 fully saturated rings. The standard InChI is InChI=1S/C16H21N3O/c1-13-10-18(8-6-16(13)20)11-14-2-4-15(5-3-14)19-9-7-17-12-19/h2-5,7,9,12-13,16,20H,6,8,10-11H2,1H3. The van der Waals surface area contributed by atoms with Gasteiger partial charge in [0.15, 0.2) is 0 Å². The number of likely N-dealkylation sites (tertiary alicyclic amines) is 1. The first-order valence-corrected chi connectivity index (χ1v) is 7.20. The third-order valence-electron chi connectivity index (χ3n) is 4.09. The number of hydrogen-bond acceptors (Lipinski definition) is 3. The van der Waals surface area contributed by atoms with Crippen molar-refractivity contribution in [1.29, 1.82) is 0 Å². The molecule has 1 aromatic heterocycles. The third-order valence-corrected chi connectivity index (χ3v) is 4.09. The number of imidazole rings is 1. The fourth-order valence-corrected chi connectivity index (χ4v) is 2.81. The average Bonchev–Trinajstić information content (AvgIpc) is 2.98. The lowest BCUT2D eigenvalue weighted by Gasteiger charge is -2.34. The van der Waals surface area contributed by atoms with Crippen molar-refractivity contribution >= 4 is 0 Å². The molecule has 1 N–H and O–H groups in total. The minimum Gasteiger partial charge on any atom is -0.393 e. The summed E-state index contributed by atoms with van der Waals surface area (Å²) in [6.07, 6.45) is 6.29. The van der Waals surface area contributed by atoms with Crippen molar-refractivity contribution < 1.29 is 5.11 Å². The molecule has 20 heavy (non-hydrogen) atoms. The summed E-state index contributed by atoms with van der Waals surface area (Å²) in [5, 5.41) is 9.77. The summed E-state index contributed by atoms with van der Waals surface area (Å²) >= 11 is 0. The van der Waals surface area contributed by atoms with Crippen molar-refractivity contribution in [3.8, 4) is 5.69 Å². The molecule has 2 heterocycles. The molecule has 1 saturated heterocycles. The number of nitrogens with zero attached hydrogens (tertiary/aromatic N) is 3.